The number of ether oxygens (including phenoxy) is 16. The lowest BCUT2D eigenvalue weighted by Crippen LogP contribution is -2.69. The quantitative estimate of drug-likeness (QED) is 0.0762. The van der Waals surface area contributed by atoms with Crippen molar-refractivity contribution < 1.29 is 210 Å². The molecule has 16 bridgehead atoms. The predicted octanol–water partition coefficient (Wildman–Crippen LogP) is -16.2. The first kappa shape index (κ1) is 82.9. The molecule has 0 radical (unpaired) electrons. The second-order valence-electron chi connectivity index (χ2n) is 24.6. The Morgan fingerprint density at radius 1 is 0.253 bits per heavy atom. The molecule has 30 heterocycles. The zero-order valence-corrected chi connectivity index (χ0v) is 54.0. The van der Waals surface area contributed by atoms with Crippen LogP contribution >= 0.6 is 0 Å². The number of hydrogen-bond acceptors (Lipinski definition) is 43. The van der Waals surface area contributed by atoms with Crippen molar-refractivity contribution in [1.82, 2.24) is 4.90 Å². The Balaban J connectivity index is 0.00000169. The van der Waals surface area contributed by atoms with Gasteiger partial charge in [-0.3, -0.25) is 4.55 Å². The average Bonchev–Trinajstić information content (AvgIpc) is 0.778. The molecule has 0 unspecified atom stereocenters. The first-order valence-corrected chi connectivity index (χ1v) is 33.2. The summed E-state index contributed by atoms with van der Waals surface area (Å²) in [6.07, 6.45) is -85.3. The van der Waals surface area contributed by atoms with Gasteiger partial charge in [0.2, 0.25) is 0 Å². The molecule has 0 aromatic heterocycles. The maximum atomic E-state index is 11.8. The number of nitrogens with zero attached hydrogens (tertiary/aromatic N) is 1. The maximum Gasteiger partial charge on any atom is 0.397 e. The van der Waals surface area contributed by atoms with Crippen LogP contribution in [0.4, 0.5) is 0 Å². The molecule has 0 aromatic rings. The molecule has 0 spiro atoms. The zero-order valence-electron chi connectivity index (χ0n) is 53.2. The van der Waals surface area contributed by atoms with Crippen molar-refractivity contribution in [2.24, 2.45) is 0 Å². The van der Waals surface area contributed by atoms with E-state index in [9.17, 15) is 130 Å². The summed E-state index contributed by atoms with van der Waals surface area (Å²) >= 11 is 0. The summed E-state index contributed by atoms with van der Waals surface area (Å²) in [6, 6.07) is 0. The van der Waals surface area contributed by atoms with Crippen molar-refractivity contribution in [3.05, 3.63) is 0 Å². The van der Waals surface area contributed by atoms with Crippen molar-refractivity contribution in [3.63, 3.8) is 0 Å². The second kappa shape index (κ2) is 36.2. The van der Waals surface area contributed by atoms with Crippen LogP contribution in [0.5, 0.6) is 0 Å². The molecule has 24 N–H and O–H groups in total. The normalized spacial score (nSPS) is 50.6. The van der Waals surface area contributed by atoms with Gasteiger partial charge in [0.15, 0.2) is 50.3 Å². The Morgan fingerprint density at radius 2 is 0.394 bits per heavy atom. The lowest BCUT2D eigenvalue weighted by molar-refractivity contribution is -0.404. The lowest BCUT2D eigenvalue weighted by Gasteiger charge is -2.50. The van der Waals surface area contributed by atoms with Gasteiger partial charge in [-0.15, -0.1) is 0 Å². The van der Waals surface area contributed by atoms with E-state index in [1.54, 1.807) is 0 Å². The van der Waals surface area contributed by atoms with Gasteiger partial charge in [0.1, 0.15) is 195 Å². The van der Waals surface area contributed by atoms with Crippen LogP contribution in [-0.2, 0) is 90.4 Å². The molecule has 30 aliphatic rings. The van der Waals surface area contributed by atoms with Gasteiger partial charge >= 0.3 is 10.4 Å². The highest BCUT2D eigenvalue weighted by molar-refractivity contribution is 7.80. The van der Waals surface area contributed by atoms with Crippen LogP contribution in [0, 0.1) is 0 Å². The van der Waals surface area contributed by atoms with E-state index in [2.05, 4.69) is 29.9 Å². The van der Waals surface area contributed by atoms with Gasteiger partial charge in [0.25, 0.3) is 0 Å². The Hall–Kier alpha value is -1.73. The van der Waals surface area contributed by atoms with E-state index in [0.717, 1.165) is 0 Å². The molecule has 40 atom stereocenters. The van der Waals surface area contributed by atoms with Crippen LogP contribution in [0.15, 0.2) is 0 Å². The van der Waals surface area contributed by atoms with E-state index in [1.807, 2.05) is 0 Å². The molecule has 30 rings (SSSR count). The fraction of sp³-hybridized carbons (Fsp3) is 1.00. The predicted molar refractivity (Wildman–Crippen MR) is 305 cm³/mol. The molecule has 0 saturated carbocycles. The minimum absolute atomic E-state index is 1.10. The van der Waals surface area contributed by atoms with Gasteiger partial charge in [-0.25, -0.2) is 4.18 Å². The molecular formula is C54H95NO43S. The van der Waals surface area contributed by atoms with Gasteiger partial charge in [-0.2, -0.15) is 8.42 Å². The Labute approximate surface area is 563 Å². The van der Waals surface area contributed by atoms with Crippen molar-refractivity contribution in [2.75, 3.05) is 72.5 Å². The van der Waals surface area contributed by atoms with Gasteiger partial charge in [-0.1, -0.05) is 20.8 Å². The molecule has 0 aromatic carbocycles. The molecule has 30 aliphatic heterocycles. The fourth-order valence-corrected chi connectivity index (χ4v) is 13.0. The smallest absolute Gasteiger partial charge is 0.394 e. The topological polar surface area (TPSA) is 680 Å². The third-order valence-corrected chi connectivity index (χ3v) is 18.9. The molecule has 30 fully saturated rings. The van der Waals surface area contributed by atoms with E-state index < -0.39 is 309 Å². The van der Waals surface area contributed by atoms with Crippen molar-refractivity contribution >= 4 is 10.4 Å². The summed E-state index contributed by atoms with van der Waals surface area (Å²) < 4.78 is 128. The van der Waals surface area contributed by atoms with Gasteiger partial charge < -0.3 is 198 Å². The van der Waals surface area contributed by atoms with E-state index in [0.29, 0.717) is 0 Å². The molecule has 30 saturated heterocycles. The summed E-state index contributed by atoms with van der Waals surface area (Å²) in [6.45, 7) is 0.861. The maximum absolute atomic E-state index is 11.8. The van der Waals surface area contributed by atoms with E-state index in [-0.39, 0.29) is 0 Å². The Bertz CT molecular complexity index is 2510. The summed E-state index contributed by atoms with van der Waals surface area (Å²) in [7, 11) is -5.41. The van der Waals surface area contributed by atoms with Crippen LogP contribution in [0.3, 0.4) is 0 Å². The van der Waals surface area contributed by atoms with Crippen molar-refractivity contribution in [3.8, 4) is 0 Å². The zero-order chi connectivity index (χ0) is 73.0. The largest absolute Gasteiger partial charge is 0.397 e. The SMILES string of the molecule is CCN(CC)CC.O=S(=O)(O)OC[C@H]1O[C@@H]2O[C@H]3[C@H](O)[C@@H](O)[C@@H](O[C@H]4[C@H](O)[C@@H](O)[C@@H](O[C@H]5[C@H](O)[C@@H](O)[C@@H](O[C@H]6[C@H](O)[C@@H](O)[C@@H](O[C@H]7[C@H](O)[C@@H](O)[C@@H](O[C@H]8[C@H](O)[C@@H](O)[C@@H](O[C@H]9[C@H](O)[C@@H](O)[C@@H](O[C@H]1[C@H](O)[C@H]2O)O[C@@H]9CO)O[C@@H]8CO)O[C@@H]7CO)O[C@@H]6CO)O[C@@H]5CO)O[C@@H]4CO)O[C@@H]3CO. The molecule has 45 heteroatoms. The number of aliphatic hydroxyl groups is 23. The Morgan fingerprint density at radius 3 is 0.515 bits per heavy atom. The number of aliphatic hydroxyl groups excluding tert-OH is 23. The minimum atomic E-state index is -5.41. The summed E-state index contributed by atoms with van der Waals surface area (Å²) in [5.74, 6) is 0. The molecule has 0 amide bonds. The molecule has 99 heavy (non-hydrogen) atoms. The van der Waals surface area contributed by atoms with Crippen LogP contribution in [0.25, 0.3) is 0 Å². The highest BCUT2D eigenvalue weighted by Gasteiger charge is 2.60. The van der Waals surface area contributed by atoms with Crippen molar-refractivity contribution in [1.29, 1.82) is 0 Å². The third-order valence-electron chi connectivity index (χ3n) is 18.4. The first-order chi connectivity index (χ1) is 46.9. The average molecular weight is 1480 g/mol. The van der Waals surface area contributed by atoms with E-state index in [4.69, 9.17) is 75.8 Å². The molecular weight excluding hydrogens is 1380 g/mol. The van der Waals surface area contributed by atoms with Crippen LogP contribution in [-0.4, -0.2) is 453 Å². The number of hydrogen-bond donors (Lipinski definition) is 24. The monoisotopic (exact) mass is 1480 g/mol. The van der Waals surface area contributed by atoms with Gasteiger partial charge in [-0.05, 0) is 19.6 Å². The molecule has 580 valence electrons. The van der Waals surface area contributed by atoms with Crippen LogP contribution in [0.1, 0.15) is 20.8 Å². The Kier molecular flexibility index (Phi) is 30.4. The second-order valence-corrected chi connectivity index (χ2v) is 25.7. The van der Waals surface area contributed by atoms with E-state index >= 15 is 0 Å². The summed E-state index contributed by atoms with van der Waals surface area (Å²) in [5, 5.41) is 255. The summed E-state index contributed by atoms with van der Waals surface area (Å²) in [5.41, 5.74) is 0. The van der Waals surface area contributed by atoms with E-state index in [1.165, 1.54) is 19.6 Å². The third kappa shape index (κ3) is 18.3. The molecule has 0 aliphatic carbocycles. The fourth-order valence-electron chi connectivity index (χ4n) is 12.7. The van der Waals surface area contributed by atoms with Gasteiger partial charge in [0.05, 0.1) is 52.9 Å². The van der Waals surface area contributed by atoms with Crippen LogP contribution < -0.4 is 0 Å². The first-order valence-electron chi connectivity index (χ1n) is 31.9. The van der Waals surface area contributed by atoms with Gasteiger partial charge in [0, 0.05) is 0 Å². The van der Waals surface area contributed by atoms with Crippen LogP contribution in [0.2, 0.25) is 0 Å². The highest BCUT2D eigenvalue weighted by Crippen LogP contribution is 2.40. The van der Waals surface area contributed by atoms with Crippen molar-refractivity contribution in [2.45, 2.75) is 266 Å². The summed E-state index contributed by atoms with van der Waals surface area (Å²) in [4.78, 5) is 2.38. The molecule has 44 nitrogen and oxygen atoms in total. The lowest BCUT2D eigenvalue weighted by atomic mass is 9.94. The minimum Gasteiger partial charge on any atom is -0.394 e. The highest BCUT2D eigenvalue weighted by atomic mass is 32.3. The standard InChI is InChI=1S/C48H80O43S.C6H15N/c49-1-9-33-17(56)25(64)41(76-9)85-34-10(2-50)78-43(27(66)19(34)58)87-36-12(4-52)80-45(29(68)21(36)60)89-38-14(6-54)82-47(31(70)23(38)62)91-40-16(8-75-92(72,73)74)83-48(32(71)24(40)63)90-39-15(7-55)81-46(30(69)22(39)61)88-37-13(5-53)79-44(28(67)20(37)59)86-35-11(3-51)77-42(84-33)26(65)18(35)57;1-4-7(5-2)6-3/h9-71H,1-8H2,(H,72,73,74);4-6H2,1-3H3/t9-,10-,11-,12-,13-,14-,15-,16-,17-,18-,19-,20-,21-,22-,23-,24-,25-,26-,27-,28-,29-,30-,31-,32-,33-,34-,35-,36-,37-,38-,39-,40-,41-,42-,43-,44-,45-,46-,47-,48-;/m1./s1. The number of rotatable bonds is 13.